The van der Waals surface area contributed by atoms with Gasteiger partial charge >= 0.3 is 5.97 Å². The van der Waals surface area contributed by atoms with Crippen LogP contribution in [0.2, 0.25) is 0 Å². The molecule has 0 saturated heterocycles. The standard InChI is InChI=1S/C15H20O4/c1-2-3-4-9-18-10-6-11-19-14-8-5-7-13(12-14)15(16)17/h2,5,7-8,12H,1,3-4,6,9-11H2,(H,16,17). The third-order valence-electron chi connectivity index (χ3n) is 2.48. The Labute approximate surface area is 113 Å². The number of benzene rings is 1. The zero-order valence-electron chi connectivity index (χ0n) is 11.0. The summed E-state index contributed by atoms with van der Waals surface area (Å²) in [6.45, 7) is 5.55. The summed E-state index contributed by atoms with van der Waals surface area (Å²) in [4.78, 5) is 10.8. The van der Waals surface area contributed by atoms with E-state index >= 15 is 0 Å². The highest BCUT2D eigenvalue weighted by Gasteiger charge is 2.03. The van der Waals surface area contributed by atoms with Crippen molar-refractivity contribution in [3.05, 3.63) is 42.5 Å². The van der Waals surface area contributed by atoms with Crippen LogP contribution in [-0.4, -0.2) is 30.9 Å². The molecule has 0 bridgehead atoms. The summed E-state index contributed by atoms with van der Waals surface area (Å²) in [7, 11) is 0. The van der Waals surface area contributed by atoms with Crippen LogP contribution in [0.15, 0.2) is 36.9 Å². The molecule has 19 heavy (non-hydrogen) atoms. The Morgan fingerprint density at radius 3 is 2.79 bits per heavy atom. The molecule has 4 heteroatoms. The third-order valence-corrected chi connectivity index (χ3v) is 2.48. The van der Waals surface area contributed by atoms with Crippen LogP contribution in [0.5, 0.6) is 5.75 Å². The van der Waals surface area contributed by atoms with Gasteiger partial charge in [-0.2, -0.15) is 0 Å². The molecule has 0 fully saturated rings. The largest absolute Gasteiger partial charge is 0.493 e. The van der Waals surface area contributed by atoms with Gasteiger partial charge in [-0.1, -0.05) is 12.1 Å². The lowest BCUT2D eigenvalue weighted by Gasteiger charge is -2.07. The predicted octanol–water partition coefficient (Wildman–Crippen LogP) is 3.14. The Hall–Kier alpha value is -1.81. The van der Waals surface area contributed by atoms with Crippen LogP contribution in [0.1, 0.15) is 29.6 Å². The molecule has 0 aromatic heterocycles. The normalized spacial score (nSPS) is 10.1. The van der Waals surface area contributed by atoms with Crippen LogP contribution in [0, 0.1) is 0 Å². The van der Waals surface area contributed by atoms with Crippen molar-refractivity contribution >= 4 is 5.97 Å². The highest BCUT2D eigenvalue weighted by molar-refractivity contribution is 5.87. The Kier molecular flexibility index (Phi) is 7.35. The molecule has 1 rings (SSSR count). The van der Waals surface area contributed by atoms with Gasteiger partial charge in [0.15, 0.2) is 0 Å². The lowest BCUT2D eigenvalue weighted by atomic mass is 10.2. The maximum absolute atomic E-state index is 10.8. The molecule has 104 valence electrons. The summed E-state index contributed by atoms with van der Waals surface area (Å²) >= 11 is 0. The van der Waals surface area contributed by atoms with Gasteiger partial charge in [0.2, 0.25) is 0 Å². The van der Waals surface area contributed by atoms with Gasteiger partial charge in [-0.3, -0.25) is 0 Å². The van der Waals surface area contributed by atoms with Crippen molar-refractivity contribution in [1.82, 2.24) is 0 Å². The quantitative estimate of drug-likeness (QED) is 0.521. The van der Waals surface area contributed by atoms with Crippen molar-refractivity contribution in [2.24, 2.45) is 0 Å². The lowest BCUT2D eigenvalue weighted by molar-refractivity contribution is 0.0696. The van der Waals surface area contributed by atoms with Gasteiger partial charge in [0.25, 0.3) is 0 Å². The molecule has 0 heterocycles. The molecule has 0 aliphatic carbocycles. The second-order valence-electron chi connectivity index (χ2n) is 4.08. The average molecular weight is 264 g/mol. The van der Waals surface area contributed by atoms with E-state index in [-0.39, 0.29) is 5.56 Å². The highest BCUT2D eigenvalue weighted by atomic mass is 16.5. The number of carboxylic acids is 1. The average Bonchev–Trinajstić information content (AvgIpc) is 2.42. The summed E-state index contributed by atoms with van der Waals surface area (Å²) in [5.41, 5.74) is 0.234. The topological polar surface area (TPSA) is 55.8 Å². The smallest absolute Gasteiger partial charge is 0.335 e. The Bertz CT molecular complexity index is 401. The number of hydrogen-bond donors (Lipinski definition) is 1. The lowest BCUT2D eigenvalue weighted by Crippen LogP contribution is -2.04. The number of carboxylic acid groups (broad SMARTS) is 1. The minimum absolute atomic E-state index is 0.234. The molecular weight excluding hydrogens is 244 g/mol. The van der Waals surface area contributed by atoms with Crippen LogP contribution >= 0.6 is 0 Å². The zero-order chi connectivity index (χ0) is 13.9. The molecule has 1 aromatic rings. The molecule has 0 atom stereocenters. The van der Waals surface area contributed by atoms with E-state index in [1.54, 1.807) is 12.1 Å². The fraction of sp³-hybridized carbons (Fsp3) is 0.400. The maximum Gasteiger partial charge on any atom is 0.335 e. The molecule has 0 aliphatic rings. The van der Waals surface area contributed by atoms with Crippen molar-refractivity contribution < 1.29 is 19.4 Å². The van der Waals surface area contributed by atoms with E-state index in [1.807, 2.05) is 6.08 Å². The molecule has 4 nitrogen and oxygen atoms in total. The van der Waals surface area contributed by atoms with Gasteiger partial charge in [0, 0.05) is 19.6 Å². The maximum atomic E-state index is 10.8. The Balaban J connectivity index is 2.14. The summed E-state index contributed by atoms with van der Waals surface area (Å²) in [5.74, 6) is -0.373. The van der Waals surface area contributed by atoms with E-state index in [2.05, 4.69) is 6.58 Å². The SMILES string of the molecule is C=CCCCOCCCOc1cccc(C(=O)O)c1. The summed E-state index contributed by atoms with van der Waals surface area (Å²) in [6, 6.07) is 6.48. The number of unbranched alkanes of at least 4 members (excludes halogenated alkanes) is 1. The third kappa shape index (κ3) is 6.62. The first-order valence-corrected chi connectivity index (χ1v) is 6.39. The van der Waals surface area contributed by atoms with E-state index in [0.717, 1.165) is 25.9 Å². The fourth-order valence-electron chi connectivity index (χ4n) is 1.50. The van der Waals surface area contributed by atoms with Crippen molar-refractivity contribution in [3.63, 3.8) is 0 Å². The number of aromatic carboxylic acids is 1. The second kappa shape index (κ2) is 9.16. The second-order valence-corrected chi connectivity index (χ2v) is 4.08. The molecule has 1 N–H and O–H groups in total. The summed E-state index contributed by atoms with van der Waals surface area (Å²) in [6.07, 6.45) is 4.62. The van der Waals surface area contributed by atoms with E-state index in [1.165, 1.54) is 12.1 Å². The minimum atomic E-state index is -0.948. The first-order valence-electron chi connectivity index (χ1n) is 6.39. The van der Waals surface area contributed by atoms with Crippen molar-refractivity contribution in [3.8, 4) is 5.75 Å². The number of allylic oxidation sites excluding steroid dienone is 1. The zero-order valence-corrected chi connectivity index (χ0v) is 11.0. The molecule has 0 spiro atoms. The van der Waals surface area contributed by atoms with Crippen LogP contribution in [0.3, 0.4) is 0 Å². The first-order chi connectivity index (χ1) is 9.24. The van der Waals surface area contributed by atoms with Gasteiger partial charge in [0.05, 0.1) is 12.2 Å². The number of ether oxygens (including phenoxy) is 2. The first kappa shape index (κ1) is 15.2. The van der Waals surface area contributed by atoms with Gasteiger partial charge < -0.3 is 14.6 Å². The van der Waals surface area contributed by atoms with E-state index in [9.17, 15) is 4.79 Å². The van der Waals surface area contributed by atoms with Gasteiger partial charge in [0.1, 0.15) is 5.75 Å². The van der Waals surface area contributed by atoms with Gasteiger partial charge in [-0.25, -0.2) is 4.79 Å². The monoisotopic (exact) mass is 264 g/mol. The van der Waals surface area contributed by atoms with Crippen LogP contribution in [0.4, 0.5) is 0 Å². The van der Waals surface area contributed by atoms with Gasteiger partial charge in [-0.05, 0) is 31.0 Å². The highest BCUT2D eigenvalue weighted by Crippen LogP contribution is 2.13. The van der Waals surface area contributed by atoms with Crippen LogP contribution in [0.25, 0.3) is 0 Å². The molecule has 1 aromatic carbocycles. The van der Waals surface area contributed by atoms with Crippen molar-refractivity contribution in [2.45, 2.75) is 19.3 Å². The molecular formula is C15H20O4. The van der Waals surface area contributed by atoms with Gasteiger partial charge in [-0.15, -0.1) is 6.58 Å². The van der Waals surface area contributed by atoms with Crippen LogP contribution < -0.4 is 4.74 Å². The molecule has 0 saturated carbocycles. The van der Waals surface area contributed by atoms with Crippen LogP contribution in [-0.2, 0) is 4.74 Å². The minimum Gasteiger partial charge on any atom is -0.493 e. The molecule has 0 unspecified atom stereocenters. The van der Waals surface area contributed by atoms with E-state index < -0.39 is 5.97 Å². The number of carbonyl (C=O) groups is 1. The Morgan fingerprint density at radius 2 is 2.05 bits per heavy atom. The summed E-state index contributed by atoms with van der Waals surface area (Å²) < 4.78 is 10.9. The Morgan fingerprint density at radius 1 is 1.26 bits per heavy atom. The van der Waals surface area contributed by atoms with Crippen molar-refractivity contribution in [1.29, 1.82) is 0 Å². The fourth-order valence-corrected chi connectivity index (χ4v) is 1.50. The number of hydrogen-bond acceptors (Lipinski definition) is 3. The predicted molar refractivity (Wildman–Crippen MR) is 73.8 cm³/mol. The van der Waals surface area contributed by atoms with Crippen molar-refractivity contribution in [2.75, 3.05) is 19.8 Å². The van der Waals surface area contributed by atoms with E-state index in [4.69, 9.17) is 14.6 Å². The number of rotatable bonds is 10. The molecule has 0 radical (unpaired) electrons. The van der Waals surface area contributed by atoms with E-state index in [0.29, 0.717) is 19.0 Å². The molecule has 0 amide bonds. The summed E-state index contributed by atoms with van der Waals surface area (Å²) in [5, 5.41) is 8.84. The molecule has 0 aliphatic heterocycles.